The van der Waals surface area contributed by atoms with Crippen LogP contribution in [0, 0.1) is 5.92 Å². The number of anilines is 1. The zero-order chi connectivity index (χ0) is 17.6. The highest BCUT2D eigenvalue weighted by atomic mass is 16.1. The predicted molar refractivity (Wildman–Crippen MR) is 103 cm³/mol. The number of Topliss-reactive ketones (excluding diaryl/α,β-unsaturated/α-hetero) is 1. The monoisotopic (exact) mass is 329 g/mol. The Balaban J connectivity index is 1.70. The summed E-state index contributed by atoms with van der Waals surface area (Å²) >= 11 is 0. The summed E-state index contributed by atoms with van der Waals surface area (Å²) < 4.78 is 0. The molecule has 0 saturated heterocycles. The van der Waals surface area contributed by atoms with Crippen LogP contribution in [0.25, 0.3) is 0 Å². The van der Waals surface area contributed by atoms with E-state index in [2.05, 4.69) is 39.0 Å². The molecule has 2 nitrogen and oxygen atoms in total. The van der Waals surface area contributed by atoms with Gasteiger partial charge in [-0.3, -0.25) is 4.79 Å². The number of hydrogen-bond acceptors (Lipinski definition) is 2. The third-order valence-corrected chi connectivity index (χ3v) is 5.34. The molecule has 0 radical (unpaired) electrons. The van der Waals surface area contributed by atoms with E-state index in [1.165, 1.54) is 43.2 Å². The number of carbonyl (C=O) groups excluding carboxylic acids is 1. The highest BCUT2D eigenvalue weighted by Gasteiger charge is 2.17. The molecule has 1 aromatic rings. The van der Waals surface area contributed by atoms with Crippen LogP contribution in [0.1, 0.15) is 89.7 Å². The standard InChI is InChI=1S/C22H35NO/c1-22(2,3)20-14-13-18(16-21(20)23)11-7-8-12-19(24)15-17-9-5-4-6-10-17/h13-14,16-17H,4-12,15,23H2,1-3H3. The summed E-state index contributed by atoms with van der Waals surface area (Å²) in [7, 11) is 0. The Bertz CT molecular complexity index is 535. The fourth-order valence-corrected chi connectivity index (χ4v) is 3.92. The topological polar surface area (TPSA) is 43.1 Å². The molecule has 134 valence electrons. The molecule has 0 amide bonds. The third-order valence-electron chi connectivity index (χ3n) is 5.34. The van der Waals surface area contributed by atoms with Gasteiger partial charge in [0.05, 0.1) is 0 Å². The first-order valence-electron chi connectivity index (χ1n) is 9.77. The molecule has 1 aliphatic carbocycles. The second-order valence-electron chi connectivity index (χ2n) is 8.63. The summed E-state index contributed by atoms with van der Waals surface area (Å²) in [5.74, 6) is 1.15. The molecular weight excluding hydrogens is 294 g/mol. The van der Waals surface area contributed by atoms with Crippen molar-refractivity contribution >= 4 is 11.5 Å². The lowest BCUT2D eigenvalue weighted by atomic mass is 9.84. The molecule has 0 unspecified atom stereocenters. The van der Waals surface area contributed by atoms with E-state index in [0.29, 0.717) is 11.7 Å². The fraction of sp³-hybridized carbons (Fsp3) is 0.682. The van der Waals surface area contributed by atoms with Crippen LogP contribution < -0.4 is 5.73 Å². The summed E-state index contributed by atoms with van der Waals surface area (Å²) in [5, 5.41) is 0. The zero-order valence-corrected chi connectivity index (χ0v) is 15.9. The second-order valence-corrected chi connectivity index (χ2v) is 8.63. The summed E-state index contributed by atoms with van der Waals surface area (Å²) in [6, 6.07) is 6.48. The van der Waals surface area contributed by atoms with Crippen molar-refractivity contribution in [1.82, 2.24) is 0 Å². The fourth-order valence-electron chi connectivity index (χ4n) is 3.92. The van der Waals surface area contributed by atoms with E-state index in [-0.39, 0.29) is 5.41 Å². The highest BCUT2D eigenvalue weighted by Crippen LogP contribution is 2.29. The number of rotatable bonds is 7. The lowest BCUT2D eigenvalue weighted by molar-refractivity contribution is -0.120. The van der Waals surface area contributed by atoms with E-state index >= 15 is 0 Å². The Morgan fingerprint density at radius 3 is 2.46 bits per heavy atom. The van der Waals surface area contributed by atoms with Gasteiger partial charge in [-0.25, -0.2) is 0 Å². The summed E-state index contributed by atoms with van der Waals surface area (Å²) in [6.45, 7) is 6.57. The van der Waals surface area contributed by atoms with Crippen molar-refractivity contribution < 1.29 is 4.79 Å². The Hall–Kier alpha value is -1.31. The summed E-state index contributed by atoms with van der Waals surface area (Å²) in [6.07, 6.45) is 11.2. The minimum atomic E-state index is 0.0914. The van der Waals surface area contributed by atoms with Crippen LogP contribution in [0.5, 0.6) is 0 Å². The number of benzene rings is 1. The van der Waals surface area contributed by atoms with Crippen LogP contribution in [0.4, 0.5) is 5.69 Å². The molecule has 0 aromatic heterocycles. The molecule has 1 fully saturated rings. The van der Waals surface area contributed by atoms with Gasteiger partial charge in [-0.2, -0.15) is 0 Å². The van der Waals surface area contributed by atoms with Gasteiger partial charge in [0.1, 0.15) is 5.78 Å². The first-order valence-corrected chi connectivity index (χ1v) is 9.77. The Morgan fingerprint density at radius 2 is 1.83 bits per heavy atom. The highest BCUT2D eigenvalue weighted by molar-refractivity contribution is 5.78. The van der Waals surface area contributed by atoms with Gasteiger partial charge in [-0.1, -0.05) is 65.0 Å². The van der Waals surface area contributed by atoms with Gasteiger partial charge < -0.3 is 5.73 Å². The number of ketones is 1. The number of aryl methyl sites for hydroxylation is 1. The van der Waals surface area contributed by atoms with E-state index < -0.39 is 0 Å². The van der Waals surface area contributed by atoms with Gasteiger partial charge in [0, 0.05) is 18.5 Å². The van der Waals surface area contributed by atoms with Crippen LogP contribution in [0.2, 0.25) is 0 Å². The van der Waals surface area contributed by atoms with Crippen molar-refractivity contribution in [1.29, 1.82) is 0 Å². The minimum Gasteiger partial charge on any atom is -0.398 e. The number of nitrogens with two attached hydrogens (primary N) is 1. The molecule has 0 heterocycles. The van der Waals surface area contributed by atoms with Gasteiger partial charge >= 0.3 is 0 Å². The molecule has 1 saturated carbocycles. The molecule has 1 aliphatic rings. The van der Waals surface area contributed by atoms with Crippen LogP contribution in [0.3, 0.4) is 0 Å². The predicted octanol–water partition coefficient (Wildman–Crippen LogP) is 5.82. The van der Waals surface area contributed by atoms with Gasteiger partial charge in [-0.15, -0.1) is 0 Å². The molecular formula is C22H35NO. The SMILES string of the molecule is CC(C)(C)c1ccc(CCCCC(=O)CC2CCCCC2)cc1N. The van der Waals surface area contributed by atoms with Crippen molar-refractivity contribution in [3.05, 3.63) is 29.3 Å². The van der Waals surface area contributed by atoms with Gasteiger partial charge in [0.2, 0.25) is 0 Å². The number of carbonyl (C=O) groups is 1. The molecule has 2 rings (SSSR count). The average molecular weight is 330 g/mol. The number of unbranched alkanes of at least 4 members (excludes halogenated alkanes) is 1. The van der Waals surface area contributed by atoms with E-state index in [1.807, 2.05) is 0 Å². The Labute approximate surface area is 148 Å². The normalized spacial score (nSPS) is 16.3. The summed E-state index contributed by atoms with van der Waals surface area (Å²) in [5.41, 5.74) is 9.71. The molecule has 1 aromatic carbocycles. The van der Waals surface area contributed by atoms with Gasteiger partial charge in [0.15, 0.2) is 0 Å². The van der Waals surface area contributed by atoms with E-state index in [9.17, 15) is 4.79 Å². The quantitative estimate of drug-likeness (QED) is 0.506. The van der Waals surface area contributed by atoms with Crippen molar-refractivity contribution in [3.8, 4) is 0 Å². The van der Waals surface area contributed by atoms with Crippen molar-refractivity contribution in [2.45, 2.75) is 90.4 Å². The maximum Gasteiger partial charge on any atom is 0.133 e. The van der Waals surface area contributed by atoms with E-state index in [0.717, 1.165) is 37.8 Å². The minimum absolute atomic E-state index is 0.0914. The molecule has 0 spiro atoms. The van der Waals surface area contributed by atoms with E-state index in [4.69, 9.17) is 5.73 Å². The molecule has 2 N–H and O–H groups in total. The number of nitrogen functional groups attached to an aromatic ring is 1. The van der Waals surface area contributed by atoms with Crippen LogP contribution in [0.15, 0.2) is 18.2 Å². The number of hydrogen-bond donors (Lipinski definition) is 1. The Kier molecular flexibility index (Phi) is 6.89. The molecule has 0 bridgehead atoms. The third kappa shape index (κ3) is 5.96. The smallest absolute Gasteiger partial charge is 0.133 e. The zero-order valence-electron chi connectivity index (χ0n) is 15.9. The van der Waals surface area contributed by atoms with Crippen molar-refractivity contribution in [2.75, 3.05) is 5.73 Å². The van der Waals surface area contributed by atoms with Crippen LogP contribution >= 0.6 is 0 Å². The molecule has 0 atom stereocenters. The summed E-state index contributed by atoms with van der Waals surface area (Å²) in [4.78, 5) is 12.1. The second kappa shape index (κ2) is 8.69. The first kappa shape index (κ1) is 19.0. The molecule has 2 heteroatoms. The van der Waals surface area contributed by atoms with Gasteiger partial charge in [0.25, 0.3) is 0 Å². The lowest BCUT2D eigenvalue weighted by Gasteiger charge is -2.21. The average Bonchev–Trinajstić information content (AvgIpc) is 2.51. The van der Waals surface area contributed by atoms with Crippen LogP contribution in [-0.2, 0) is 16.6 Å². The Morgan fingerprint density at radius 1 is 1.12 bits per heavy atom. The van der Waals surface area contributed by atoms with Crippen molar-refractivity contribution in [2.24, 2.45) is 5.92 Å². The maximum atomic E-state index is 12.1. The largest absolute Gasteiger partial charge is 0.398 e. The van der Waals surface area contributed by atoms with E-state index in [1.54, 1.807) is 0 Å². The van der Waals surface area contributed by atoms with Gasteiger partial charge in [-0.05, 0) is 47.8 Å². The lowest BCUT2D eigenvalue weighted by Crippen LogP contribution is -2.14. The van der Waals surface area contributed by atoms with Crippen LogP contribution in [-0.4, -0.2) is 5.78 Å². The molecule has 24 heavy (non-hydrogen) atoms. The molecule has 0 aliphatic heterocycles. The van der Waals surface area contributed by atoms with Crippen molar-refractivity contribution in [3.63, 3.8) is 0 Å². The maximum absolute atomic E-state index is 12.1. The first-order chi connectivity index (χ1) is 11.4.